The minimum atomic E-state index is 0.139. The Morgan fingerprint density at radius 3 is 2.57 bits per heavy atom. The molecule has 0 N–H and O–H groups in total. The van der Waals surface area contributed by atoms with Gasteiger partial charge in [-0.2, -0.15) is 5.10 Å². The standard InChI is InChI=1S/C11H18N2O/c1-11(2,3)7-5-10(14)9-6-8-13(4)12-9/h6,8H,5,7H2,1-4H3. The summed E-state index contributed by atoms with van der Waals surface area (Å²) in [6.07, 6.45) is 3.28. The van der Waals surface area contributed by atoms with E-state index in [0.29, 0.717) is 12.1 Å². The molecule has 0 aliphatic heterocycles. The first-order chi connectivity index (χ1) is 6.38. The van der Waals surface area contributed by atoms with Crippen LogP contribution in [0.25, 0.3) is 0 Å². The van der Waals surface area contributed by atoms with Crippen molar-refractivity contribution in [2.24, 2.45) is 12.5 Å². The largest absolute Gasteiger partial charge is 0.292 e. The molecule has 1 heterocycles. The monoisotopic (exact) mass is 194 g/mol. The quantitative estimate of drug-likeness (QED) is 0.693. The maximum absolute atomic E-state index is 11.6. The van der Waals surface area contributed by atoms with Gasteiger partial charge in [-0.05, 0) is 17.9 Å². The summed E-state index contributed by atoms with van der Waals surface area (Å²) < 4.78 is 1.66. The average Bonchev–Trinajstić information content (AvgIpc) is 2.46. The molecule has 0 bridgehead atoms. The van der Waals surface area contributed by atoms with Crippen LogP contribution in [0.2, 0.25) is 0 Å². The number of carbonyl (C=O) groups is 1. The van der Waals surface area contributed by atoms with E-state index in [9.17, 15) is 4.79 Å². The minimum Gasteiger partial charge on any atom is -0.292 e. The van der Waals surface area contributed by atoms with E-state index < -0.39 is 0 Å². The maximum Gasteiger partial charge on any atom is 0.183 e. The molecular formula is C11H18N2O. The number of rotatable bonds is 3. The Labute approximate surface area is 85.1 Å². The van der Waals surface area contributed by atoms with Crippen molar-refractivity contribution in [2.45, 2.75) is 33.6 Å². The number of nitrogens with zero attached hydrogens (tertiary/aromatic N) is 2. The molecule has 0 aliphatic carbocycles. The predicted octanol–water partition coefficient (Wildman–Crippen LogP) is 2.43. The zero-order valence-corrected chi connectivity index (χ0v) is 9.37. The van der Waals surface area contributed by atoms with Gasteiger partial charge >= 0.3 is 0 Å². The van der Waals surface area contributed by atoms with Crippen molar-refractivity contribution in [1.29, 1.82) is 0 Å². The summed E-state index contributed by atoms with van der Waals surface area (Å²) in [5.74, 6) is 0.139. The fourth-order valence-electron chi connectivity index (χ4n) is 1.18. The summed E-state index contributed by atoms with van der Waals surface area (Å²) in [7, 11) is 1.82. The number of ketones is 1. The summed E-state index contributed by atoms with van der Waals surface area (Å²) in [6.45, 7) is 6.41. The lowest BCUT2D eigenvalue weighted by Gasteiger charge is -2.16. The van der Waals surface area contributed by atoms with Gasteiger partial charge < -0.3 is 0 Å². The lowest BCUT2D eigenvalue weighted by molar-refractivity contribution is 0.0960. The van der Waals surface area contributed by atoms with Gasteiger partial charge in [0.1, 0.15) is 5.69 Å². The van der Waals surface area contributed by atoms with E-state index in [1.807, 2.05) is 7.05 Å². The maximum atomic E-state index is 11.6. The van der Waals surface area contributed by atoms with E-state index in [2.05, 4.69) is 25.9 Å². The topological polar surface area (TPSA) is 34.9 Å². The molecule has 3 heteroatoms. The number of Topliss-reactive ketones (excluding diaryl/α,β-unsaturated/α-hetero) is 1. The number of aryl methyl sites for hydroxylation is 1. The fourth-order valence-corrected chi connectivity index (χ4v) is 1.18. The Hall–Kier alpha value is -1.12. The van der Waals surface area contributed by atoms with Crippen LogP contribution in [-0.4, -0.2) is 15.6 Å². The van der Waals surface area contributed by atoms with Crippen LogP contribution in [0.4, 0.5) is 0 Å². The van der Waals surface area contributed by atoms with Crippen molar-refractivity contribution < 1.29 is 4.79 Å². The highest BCUT2D eigenvalue weighted by molar-refractivity contribution is 5.94. The minimum absolute atomic E-state index is 0.139. The molecule has 0 spiro atoms. The number of carbonyl (C=O) groups excluding carboxylic acids is 1. The number of hydrogen-bond acceptors (Lipinski definition) is 2. The zero-order chi connectivity index (χ0) is 10.8. The van der Waals surface area contributed by atoms with Crippen molar-refractivity contribution in [3.05, 3.63) is 18.0 Å². The van der Waals surface area contributed by atoms with Crippen LogP contribution >= 0.6 is 0 Å². The first-order valence-corrected chi connectivity index (χ1v) is 4.91. The van der Waals surface area contributed by atoms with Crippen molar-refractivity contribution in [2.75, 3.05) is 0 Å². The summed E-state index contributed by atoms with van der Waals surface area (Å²) in [5, 5.41) is 4.08. The van der Waals surface area contributed by atoms with E-state index in [4.69, 9.17) is 0 Å². The van der Waals surface area contributed by atoms with Gasteiger partial charge in [-0.15, -0.1) is 0 Å². The molecule has 3 nitrogen and oxygen atoms in total. The number of aromatic nitrogens is 2. The SMILES string of the molecule is Cn1ccc(C(=O)CCC(C)(C)C)n1. The van der Waals surface area contributed by atoms with Gasteiger partial charge in [0.2, 0.25) is 0 Å². The Kier molecular flexibility index (Phi) is 3.09. The molecule has 0 unspecified atom stereocenters. The van der Waals surface area contributed by atoms with E-state index in [-0.39, 0.29) is 11.2 Å². The highest BCUT2D eigenvalue weighted by atomic mass is 16.1. The molecule has 1 aromatic heterocycles. The zero-order valence-electron chi connectivity index (χ0n) is 9.37. The van der Waals surface area contributed by atoms with Gasteiger partial charge in [0.25, 0.3) is 0 Å². The van der Waals surface area contributed by atoms with Gasteiger partial charge in [0.15, 0.2) is 5.78 Å². The summed E-state index contributed by atoms with van der Waals surface area (Å²) >= 11 is 0. The van der Waals surface area contributed by atoms with E-state index in [1.165, 1.54) is 0 Å². The molecule has 0 amide bonds. The highest BCUT2D eigenvalue weighted by Gasteiger charge is 2.15. The lowest BCUT2D eigenvalue weighted by atomic mass is 9.89. The summed E-state index contributed by atoms with van der Waals surface area (Å²) in [6, 6.07) is 1.77. The van der Waals surface area contributed by atoms with Crippen molar-refractivity contribution >= 4 is 5.78 Å². The van der Waals surface area contributed by atoms with Crippen LogP contribution in [0.15, 0.2) is 12.3 Å². The van der Waals surface area contributed by atoms with E-state index in [1.54, 1.807) is 16.9 Å². The Bertz CT molecular complexity index is 320. The smallest absolute Gasteiger partial charge is 0.183 e. The second-order valence-electron chi connectivity index (χ2n) is 4.86. The molecule has 0 saturated carbocycles. The van der Waals surface area contributed by atoms with Gasteiger partial charge in [0.05, 0.1) is 0 Å². The summed E-state index contributed by atoms with van der Waals surface area (Å²) in [4.78, 5) is 11.6. The normalized spacial score (nSPS) is 11.7. The predicted molar refractivity (Wildman–Crippen MR) is 56.2 cm³/mol. The number of hydrogen-bond donors (Lipinski definition) is 0. The van der Waals surface area contributed by atoms with Crippen LogP contribution in [0, 0.1) is 5.41 Å². The third-order valence-electron chi connectivity index (χ3n) is 2.10. The third kappa shape index (κ3) is 3.32. The second kappa shape index (κ2) is 3.95. The molecule has 0 aliphatic rings. The van der Waals surface area contributed by atoms with Crippen LogP contribution in [0.3, 0.4) is 0 Å². The third-order valence-corrected chi connectivity index (χ3v) is 2.10. The van der Waals surface area contributed by atoms with Crippen LogP contribution < -0.4 is 0 Å². The van der Waals surface area contributed by atoms with Gasteiger partial charge in [-0.1, -0.05) is 20.8 Å². The first kappa shape index (κ1) is 11.0. The Morgan fingerprint density at radius 2 is 2.14 bits per heavy atom. The average molecular weight is 194 g/mol. The van der Waals surface area contributed by atoms with E-state index in [0.717, 1.165) is 6.42 Å². The van der Waals surface area contributed by atoms with Crippen LogP contribution in [0.5, 0.6) is 0 Å². The highest BCUT2D eigenvalue weighted by Crippen LogP contribution is 2.21. The van der Waals surface area contributed by atoms with Crippen molar-refractivity contribution in [1.82, 2.24) is 9.78 Å². The molecule has 0 atom stereocenters. The van der Waals surface area contributed by atoms with Gasteiger partial charge in [-0.3, -0.25) is 9.48 Å². The molecule has 14 heavy (non-hydrogen) atoms. The van der Waals surface area contributed by atoms with Crippen LogP contribution in [0.1, 0.15) is 44.1 Å². The van der Waals surface area contributed by atoms with Crippen molar-refractivity contribution in [3.63, 3.8) is 0 Å². The molecular weight excluding hydrogens is 176 g/mol. The van der Waals surface area contributed by atoms with E-state index >= 15 is 0 Å². The molecule has 1 aromatic rings. The van der Waals surface area contributed by atoms with Gasteiger partial charge in [-0.25, -0.2) is 0 Å². The Morgan fingerprint density at radius 1 is 1.50 bits per heavy atom. The van der Waals surface area contributed by atoms with Crippen LogP contribution in [-0.2, 0) is 7.05 Å². The molecule has 78 valence electrons. The molecule has 0 saturated heterocycles. The molecule has 0 fully saturated rings. The lowest BCUT2D eigenvalue weighted by Crippen LogP contribution is -2.09. The molecule has 1 rings (SSSR count). The second-order valence-corrected chi connectivity index (χ2v) is 4.86. The molecule has 0 radical (unpaired) electrons. The van der Waals surface area contributed by atoms with Gasteiger partial charge in [0, 0.05) is 19.7 Å². The fraction of sp³-hybridized carbons (Fsp3) is 0.636. The van der Waals surface area contributed by atoms with Crippen molar-refractivity contribution in [3.8, 4) is 0 Å². The Balaban J connectivity index is 2.52. The summed E-state index contributed by atoms with van der Waals surface area (Å²) in [5.41, 5.74) is 0.793. The first-order valence-electron chi connectivity index (χ1n) is 4.91. The molecule has 0 aromatic carbocycles.